The van der Waals surface area contributed by atoms with Gasteiger partial charge in [-0.3, -0.25) is 4.79 Å². The second-order valence-electron chi connectivity index (χ2n) is 4.81. The van der Waals surface area contributed by atoms with Crippen molar-refractivity contribution in [2.75, 3.05) is 13.7 Å². The summed E-state index contributed by atoms with van der Waals surface area (Å²) in [5.41, 5.74) is 7.65. The van der Waals surface area contributed by atoms with Crippen molar-refractivity contribution in [1.82, 2.24) is 5.32 Å². The molecule has 0 fully saturated rings. The van der Waals surface area contributed by atoms with Gasteiger partial charge in [-0.25, -0.2) is 0 Å². The molecule has 5 nitrogen and oxygen atoms in total. The molecule has 1 aromatic carbocycles. The molecule has 106 valence electrons. The second-order valence-corrected chi connectivity index (χ2v) is 4.81. The van der Waals surface area contributed by atoms with Crippen molar-refractivity contribution < 1.29 is 14.6 Å². The molecule has 19 heavy (non-hydrogen) atoms. The first kappa shape index (κ1) is 15.5. The third-order valence-electron chi connectivity index (χ3n) is 2.93. The number of carbonyl (C=O) groups is 1. The Labute approximate surface area is 113 Å². The Balaban J connectivity index is 2.64. The van der Waals surface area contributed by atoms with Crippen molar-refractivity contribution in [2.45, 2.75) is 32.4 Å². The molecule has 0 aliphatic carbocycles. The fraction of sp³-hybridized carbons (Fsp3) is 0.500. The molecule has 0 amide bonds. The highest BCUT2D eigenvalue weighted by molar-refractivity contribution is 5.73. The Kier molecular flexibility index (Phi) is 5.79. The predicted molar refractivity (Wildman–Crippen MR) is 74.4 cm³/mol. The third-order valence-corrected chi connectivity index (χ3v) is 2.93. The van der Waals surface area contributed by atoms with E-state index in [2.05, 4.69) is 25.2 Å². The maximum Gasteiger partial charge on any atom is 0.321 e. The smallest absolute Gasteiger partial charge is 0.321 e. The Hall–Kier alpha value is -1.59. The molecule has 4 N–H and O–H groups in total. The van der Waals surface area contributed by atoms with Crippen molar-refractivity contribution >= 4 is 5.97 Å². The number of carboxylic acid groups (broad SMARTS) is 1. The fourth-order valence-corrected chi connectivity index (χ4v) is 1.80. The molecule has 0 spiro atoms. The number of methoxy groups -OCH3 is 1. The molecule has 0 radical (unpaired) electrons. The summed E-state index contributed by atoms with van der Waals surface area (Å²) in [5.74, 6) is 0.252. The number of benzene rings is 1. The summed E-state index contributed by atoms with van der Waals surface area (Å²) < 4.78 is 5.32. The van der Waals surface area contributed by atoms with Gasteiger partial charge in [-0.15, -0.1) is 0 Å². The van der Waals surface area contributed by atoms with E-state index in [1.54, 1.807) is 7.11 Å². The summed E-state index contributed by atoms with van der Waals surface area (Å²) in [4.78, 5) is 10.6. The number of nitrogens with one attached hydrogen (secondary N) is 1. The van der Waals surface area contributed by atoms with Crippen LogP contribution in [0.4, 0.5) is 0 Å². The Morgan fingerprint density at radius 3 is 2.68 bits per heavy atom. The normalized spacial score (nSPS) is 12.5. The highest BCUT2D eigenvalue weighted by Gasteiger charge is 2.11. The van der Waals surface area contributed by atoms with Gasteiger partial charge in [0.15, 0.2) is 0 Å². The highest BCUT2D eigenvalue weighted by atomic mass is 16.5. The van der Waals surface area contributed by atoms with Crippen molar-refractivity contribution in [3.63, 3.8) is 0 Å². The van der Waals surface area contributed by atoms with Gasteiger partial charge in [0, 0.05) is 13.1 Å². The zero-order valence-electron chi connectivity index (χ0n) is 11.6. The number of carboxylic acids is 1. The molecule has 0 saturated heterocycles. The number of aliphatic carboxylic acids is 1. The minimum Gasteiger partial charge on any atom is -0.496 e. The number of nitrogens with two attached hydrogens (primary N) is 1. The van der Waals surface area contributed by atoms with E-state index in [0.717, 1.165) is 16.9 Å². The molecular weight excluding hydrogens is 244 g/mol. The first-order valence-corrected chi connectivity index (χ1v) is 6.31. The molecule has 1 rings (SSSR count). The van der Waals surface area contributed by atoms with E-state index in [9.17, 15) is 4.79 Å². The van der Waals surface area contributed by atoms with Gasteiger partial charge in [0.05, 0.1) is 7.11 Å². The predicted octanol–water partition coefficient (Wildman–Crippen LogP) is 1.32. The van der Waals surface area contributed by atoms with Crippen LogP contribution in [0, 0.1) is 0 Å². The van der Waals surface area contributed by atoms with Gasteiger partial charge in [-0.2, -0.15) is 0 Å². The lowest BCUT2D eigenvalue weighted by Gasteiger charge is -2.14. The van der Waals surface area contributed by atoms with Crippen LogP contribution in [0.15, 0.2) is 18.2 Å². The van der Waals surface area contributed by atoms with Crippen LogP contribution in [0.1, 0.15) is 30.9 Å². The summed E-state index contributed by atoms with van der Waals surface area (Å²) >= 11 is 0. The van der Waals surface area contributed by atoms with Crippen LogP contribution < -0.4 is 15.8 Å². The van der Waals surface area contributed by atoms with Crippen LogP contribution in [0.2, 0.25) is 0 Å². The average molecular weight is 266 g/mol. The van der Waals surface area contributed by atoms with E-state index >= 15 is 0 Å². The average Bonchev–Trinajstić information content (AvgIpc) is 2.38. The lowest BCUT2D eigenvalue weighted by molar-refractivity contribution is -0.138. The van der Waals surface area contributed by atoms with E-state index in [4.69, 9.17) is 15.6 Å². The van der Waals surface area contributed by atoms with Gasteiger partial charge < -0.3 is 20.9 Å². The Morgan fingerprint density at radius 1 is 1.47 bits per heavy atom. The monoisotopic (exact) mass is 266 g/mol. The maximum atomic E-state index is 10.6. The molecule has 0 aliphatic heterocycles. The molecule has 0 heterocycles. The number of hydrogen-bond acceptors (Lipinski definition) is 4. The molecule has 0 aliphatic rings. The quantitative estimate of drug-likeness (QED) is 0.693. The third kappa shape index (κ3) is 4.54. The van der Waals surface area contributed by atoms with Crippen LogP contribution >= 0.6 is 0 Å². The van der Waals surface area contributed by atoms with Crippen molar-refractivity contribution in [3.05, 3.63) is 29.3 Å². The molecular formula is C14H22N2O3. The number of rotatable bonds is 7. The van der Waals surface area contributed by atoms with Gasteiger partial charge in [-0.05, 0) is 23.1 Å². The maximum absolute atomic E-state index is 10.6. The van der Waals surface area contributed by atoms with E-state index in [0.29, 0.717) is 12.5 Å². The first-order valence-electron chi connectivity index (χ1n) is 6.31. The van der Waals surface area contributed by atoms with Crippen LogP contribution in [0.5, 0.6) is 5.75 Å². The van der Waals surface area contributed by atoms with Gasteiger partial charge in [0.2, 0.25) is 0 Å². The van der Waals surface area contributed by atoms with Crippen molar-refractivity contribution in [1.29, 1.82) is 0 Å². The highest BCUT2D eigenvalue weighted by Crippen LogP contribution is 2.27. The van der Waals surface area contributed by atoms with Crippen LogP contribution in [0.25, 0.3) is 0 Å². The van der Waals surface area contributed by atoms with Gasteiger partial charge in [0.1, 0.15) is 11.8 Å². The number of hydrogen-bond donors (Lipinski definition) is 3. The molecule has 0 aromatic heterocycles. The first-order chi connectivity index (χ1) is 8.95. The summed E-state index contributed by atoms with van der Waals surface area (Å²) in [5, 5.41) is 11.7. The van der Waals surface area contributed by atoms with Crippen LogP contribution in [-0.2, 0) is 11.3 Å². The summed E-state index contributed by atoms with van der Waals surface area (Å²) in [6.45, 7) is 5.05. The topological polar surface area (TPSA) is 84.6 Å². The molecule has 5 heteroatoms. The van der Waals surface area contributed by atoms with Gasteiger partial charge in [0.25, 0.3) is 0 Å². The minimum absolute atomic E-state index is 0.248. The molecule has 0 saturated carbocycles. The van der Waals surface area contributed by atoms with Gasteiger partial charge >= 0.3 is 5.97 Å². The fourth-order valence-electron chi connectivity index (χ4n) is 1.80. The number of ether oxygens (including phenoxy) is 1. The van der Waals surface area contributed by atoms with E-state index in [1.807, 2.05) is 12.1 Å². The summed E-state index contributed by atoms with van der Waals surface area (Å²) in [6, 6.07) is 5.10. The molecule has 1 aromatic rings. The van der Waals surface area contributed by atoms with E-state index < -0.39 is 12.0 Å². The zero-order valence-corrected chi connectivity index (χ0v) is 11.6. The van der Waals surface area contributed by atoms with E-state index in [1.165, 1.54) is 0 Å². The Morgan fingerprint density at radius 2 is 2.16 bits per heavy atom. The van der Waals surface area contributed by atoms with Crippen molar-refractivity contribution in [2.24, 2.45) is 5.73 Å². The van der Waals surface area contributed by atoms with Crippen molar-refractivity contribution in [3.8, 4) is 5.75 Å². The zero-order chi connectivity index (χ0) is 14.4. The minimum atomic E-state index is -0.995. The largest absolute Gasteiger partial charge is 0.496 e. The SMILES string of the molecule is COc1ccc(CNCC(N)C(=O)O)cc1C(C)C. The molecule has 1 atom stereocenters. The second kappa shape index (κ2) is 7.11. The summed E-state index contributed by atoms with van der Waals surface area (Å²) in [7, 11) is 1.66. The van der Waals surface area contributed by atoms with Gasteiger partial charge in [-0.1, -0.05) is 26.0 Å². The molecule has 0 bridgehead atoms. The lowest BCUT2D eigenvalue weighted by atomic mass is 9.99. The molecule has 1 unspecified atom stereocenters. The van der Waals surface area contributed by atoms with Crippen LogP contribution in [0.3, 0.4) is 0 Å². The van der Waals surface area contributed by atoms with E-state index in [-0.39, 0.29) is 6.54 Å². The lowest BCUT2D eigenvalue weighted by Crippen LogP contribution is -2.40. The van der Waals surface area contributed by atoms with Crippen LogP contribution in [-0.4, -0.2) is 30.8 Å². The summed E-state index contributed by atoms with van der Waals surface area (Å²) in [6.07, 6.45) is 0. The Bertz CT molecular complexity index is 433. The standard InChI is InChI=1S/C14H22N2O3/c1-9(2)11-6-10(4-5-13(11)19-3)7-16-8-12(15)14(17)18/h4-6,9,12,16H,7-8,15H2,1-3H3,(H,17,18).